The fraction of sp³-hybridized carbons (Fsp3) is 0.688. The number of nitrogens with zero attached hydrogens (tertiary/aromatic N) is 1. The zero-order valence-electron chi connectivity index (χ0n) is 13.0. The molecular weight excluding hydrogens is 252 g/mol. The Morgan fingerprint density at radius 3 is 2.75 bits per heavy atom. The van der Waals surface area contributed by atoms with E-state index in [-0.39, 0.29) is 6.61 Å². The highest BCUT2D eigenvalue weighted by molar-refractivity contribution is 5.29. The number of aliphatic hydroxyl groups excluding tert-OH is 1. The van der Waals surface area contributed by atoms with Crippen molar-refractivity contribution in [1.82, 2.24) is 10.3 Å². The van der Waals surface area contributed by atoms with Crippen molar-refractivity contribution in [3.05, 3.63) is 23.5 Å². The Morgan fingerprint density at radius 1 is 1.25 bits per heavy atom. The number of nitrogens with one attached hydrogen (secondary N) is 1. The molecule has 4 heteroatoms. The van der Waals surface area contributed by atoms with Gasteiger partial charge in [0, 0.05) is 18.8 Å². The molecule has 114 valence electrons. The van der Waals surface area contributed by atoms with Gasteiger partial charge in [-0.3, -0.25) is 4.98 Å². The van der Waals surface area contributed by atoms with Crippen molar-refractivity contribution in [3.8, 4) is 5.75 Å². The van der Waals surface area contributed by atoms with Gasteiger partial charge < -0.3 is 15.2 Å². The van der Waals surface area contributed by atoms with Crippen LogP contribution in [0.3, 0.4) is 0 Å². The highest BCUT2D eigenvalue weighted by Gasteiger charge is 2.06. The number of aromatic nitrogens is 1. The second-order valence-electron chi connectivity index (χ2n) is 5.55. The lowest BCUT2D eigenvalue weighted by molar-refractivity contribution is 0.264. The van der Waals surface area contributed by atoms with Crippen LogP contribution >= 0.6 is 0 Å². The number of pyridine rings is 1. The van der Waals surface area contributed by atoms with Crippen LogP contribution in [0.15, 0.2) is 12.1 Å². The number of unbranched alkanes of at least 4 members (excludes halogenated alkanes) is 2. The van der Waals surface area contributed by atoms with Gasteiger partial charge in [-0.05, 0) is 50.8 Å². The van der Waals surface area contributed by atoms with Gasteiger partial charge in [0.2, 0.25) is 0 Å². The van der Waals surface area contributed by atoms with Crippen molar-refractivity contribution in [1.29, 1.82) is 0 Å². The summed E-state index contributed by atoms with van der Waals surface area (Å²) >= 11 is 0. The summed E-state index contributed by atoms with van der Waals surface area (Å²) in [4.78, 5) is 4.56. The maximum Gasteiger partial charge on any atom is 0.142 e. The van der Waals surface area contributed by atoms with Gasteiger partial charge in [0.15, 0.2) is 0 Å². The van der Waals surface area contributed by atoms with Crippen LogP contribution in [0.1, 0.15) is 44.5 Å². The van der Waals surface area contributed by atoms with Crippen LogP contribution in [0.5, 0.6) is 5.75 Å². The van der Waals surface area contributed by atoms with Gasteiger partial charge in [0.1, 0.15) is 5.75 Å². The summed E-state index contributed by atoms with van der Waals surface area (Å²) in [6, 6.07) is 3.98. The van der Waals surface area contributed by atoms with Crippen molar-refractivity contribution in [2.45, 2.75) is 46.6 Å². The standard InChI is InChI=1S/C16H28N2O2/c1-13(2)11-17-12-15-16(8-7-14(3)18-15)20-10-6-4-5-9-19/h7-8,13,17,19H,4-6,9-12H2,1-3H3. The second kappa shape index (κ2) is 9.72. The minimum absolute atomic E-state index is 0.260. The van der Waals surface area contributed by atoms with E-state index in [0.717, 1.165) is 49.5 Å². The zero-order chi connectivity index (χ0) is 14.8. The van der Waals surface area contributed by atoms with Gasteiger partial charge in [0.05, 0.1) is 12.3 Å². The van der Waals surface area contributed by atoms with Crippen LogP contribution in [0.25, 0.3) is 0 Å². The lowest BCUT2D eigenvalue weighted by atomic mass is 10.2. The summed E-state index contributed by atoms with van der Waals surface area (Å²) < 4.78 is 5.81. The lowest BCUT2D eigenvalue weighted by Gasteiger charge is -2.13. The van der Waals surface area contributed by atoms with Gasteiger partial charge >= 0.3 is 0 Å². The molecule has 0 amide bonds. The number of hydrogen-bond acceptors (Lipinski definition) is 4. The third kappa shape index (κ3) is 6.87. The minimum Gasteiger partial charge on any atom is -0.492 e. The van der Waals surface area contributed by atoms with Gasteiger partial charge in [-0.15, -0.1) is 0 Å². The summed E-state index contributed by atoms with van der Waals surface area (Å²) in [5.74, 6) is 1.50. The topological polar surface area (TPSA) is 54.4 Å². The summed E-state index contributed by atoms with van der Waals surface area (Å²) in [7, 11) is 0. The molecule has 0 atom stereocenters. The summed E-state index contributed by atoms with van der Waals surface area (Å²) in [6.07, 6.45) is 2.81. The molecular formula is C16H28N2O2. The molecule has 0 saturated heterocycles. The maximum atomic E-state index is 8.74. The van der Waals surface area contributed by atoms with Crippen LogP contribution in [0.2, 0.25) is 0 Å². The highest BCUT2D eigenvalue weighted by Crippen LogP contribution is 2.17. The fourth-order valence-corrected chi connectivity index (χ4v) is 1.91. The molecule has 0 aliphatic heterocycles. The molecule has 0 fully saturated rings. The van der Waals surface area contributed by atoms with E-state index in [1.807, 2.05) is 19.1 Å². The molecule has 0 aliphatic rings. The van der Waals surface area contributed by atoms with Gasteiger partial charge in [0.25, 0.3) is 0 Å². The van der Waals surface area contributed by atoms with Crippen LogP contribution in [0.4, 0.5) is 0 Å². The molecule has 0 saturated carbocycles. The van der Waals surface area contributed by atoms with Crippen molar-refractivity contribution in [2.75, 3.05) is 19.8 Å². The number of rotatable bonds is 10. The molecule has 0 unspecified atom stereocenters. The largest absolute Gasteiger partial charge is 0.492 e. The third-order valence-corrected chi connectivity index (χ3v) is 2.98. The van der Waals surface area contributed by atoms with Crippen molar-refractivity contribution in [2.24, 2.45) is 5.92 Å². The van der Waals surface area contributed by atoms with E-state index in [2.05, 4.69) is 24.1 Å². The predicted octanol–water partition coefficient (Wildman–Crippen LogP) is 2.68. The first-order valence-electron chi connectivity index (χ1n) is 7.54. The number of hydrogen-bond donors (Lipinski definition) is 2. The van der Waals surface area contributed by atoms with E-state index in [1.54, 1.807) is 0 Å². The highest BCUT2D eigenvalue weighted by atomic mass is 16.5. The number of aryl methyl sites for hydroxylation is 1. The SMILES string of the molecule is Cc1ccc(OCCCCCO)c(CNCC(C)C)n1. The molecule has 1 heterocycles. The van der Waals surface area contributed by atoms with Crippen molar-refractivity contribution in [3.63, 3.8) is 0 Å². The normalized spacial score (nSPS) is 11.1. The van der Waals surface area contributed by atoms with Crippen LogP contribution in [-0.2, 0) is 6.54 Å². The molecule has 0 radical (unpaired) electrons. The summed E-state index contributed by atoms with van der Waals surface area (Å²) in [6.45, 7) is 9.04. The van der Waals surface area contributed by atoms with Gasteiger partial charge in [-0.1, -0.05) is 13.8 Å². The van der Waals surface area contributed by atoms with E-state index >= 15 is 0 Å². The van der Waals surface area contributed by atoms with E-state index in [4.69, 9.17) is 9.84 Å². The molecule has 0 bridgehead atoms. The van der Waals surface area contributed by atoms with Gasteiger partial charge in [-0.2, -0.15) is 0 Å². The van der Waals surface area contributed by atoms with Crippen LogP contribution in [-0.4, -0.2) is 29.8 Å². The van der Waals surface area contributed by atoms with Gasteiger partial charge in [-0.25, -0.2) is 0 Å². The van der Waals surface area contributed by atoms with E-state index in [9.17, 15) is 0 Å². The molecule has 0 spiro atoms. The average molecular weight is 280 g/mol. The van der Waals surface area contributed by atoms with Crippen LogP contribution < -0.4 is 10.1 Å². The fourth-order valence-electron chi connectivity index (χ4n) is 1.91. The monoisotopic (exact) mass is 280 g/mol. The molecule has 0 aliphatic carbocycles. The Kier molecular flexibility index (Phi) is 8.23. The quantitative estimate of drug-likeness (QED) is 0.647. The smallest absolute Gasteiger partial charge is 0.142 e. The molecule has 1 aromatic rings. The number of aliphatic hydroxyl groups is 1. The van der Waals surface area contributed by atoms with Crippen molar-refractivity contribution >= 4 is 0 Å². The Morgan fingerprint density at radius 2 is 2.05 bits per heavy atom. The maximum absolute atomic E-state index is 8.74. The molecule has 1 rings (SSSR count). The molecule has 2 N–H and O–H groups in total. The number of ether oxygens (including phenoxy) is 1. The molecule has 0 aromatic carbocycles. The minimum atomic E-state index is 0.260. The first-order chi connectivity index (χ1) is 9.63. The van der Waals surface area contributed by atoms with Crippen molar-refractivity contribution < 1.29 is 9.84 Å². The molecule has 1 aromatic heterocycles. The van der Waals surface area contributed by atoms with E-state index in [0.29, 0.717) is 12.5 Å². The van der Waals surface area contributed by atoms with E-state index < -0.39 is 0 Å². The predicted molar refractivity (Wildman–Crippen MR) is 82.0 cm³/mol. The first kappa shape index (κ1) is 16.9. The Bertz CT molecular complexity index is 381. The Balaban J connectivity index is 2.47. The summed E-state index contributed by atoms with van der Waals surface area (Å²) in [5.41, 5.74) is 1.99. The van der Waals surface area contributed by atoms with Crippen LogP contribution in [0, 0.1) is 12.8 Å². The Labute approximate surface area is 122 Å². The summed E-state index contributed by atoms with van der Waals surface area (Å²) in [5, 5.41) is 12.1. The average Bonchev–Trinajstić information content (AvgIpc) is 2.40. The Hall–Kier alpha value is -1.13. The molecule has 20 heavy (non-hydrogen) atoms. The third-order valence-electron chi connectivity index (χ3n) is 2.98. The van der Waals surface area contributed by atoms with E-state index in [1.165, 1.54) is 0 Å². The lowest BCUT2D eigenvalue weighted by Crippen LogP contribution is -2.20. The molecule has 4 nitrogen and oxygen atoms in total. The zero-order valence-corrected chi connectivity index (χ0v) is 13.0. The first-order valence-corrected chi connectivity index (χ1v) is 7.54. The second-order valence-corrected chi connectivity index (χ2v) is 5.55.